The van der Waals surface area contributed by atoms with Gasteiger partial charge in [0.25, 0.3) is 0 Å². The molecule has 0 radical (unpaired) electrons. The second kappa shape index (κ2) is 5.77. The van der Waals surface area contributed by atoms with Gasteiger partial charge in [-0.25, -0.2) is 4.39 Å². The molecule has 0 N–H and O–H groups in total. The number of hydrogen-bond donors (Lipinski definition) is 0. The lowest BCUT2D eigenvalue weighted by molar-refractivity contribution is 0.0974. The summed E-state index contributed by atoms with van der Waals surface area (Å²) < 4.78 is 14.1. The summed E-state index contributed by atoms with van der Waals surface area (Å²) in [6, 6.07) is 14.9. The molecule has 0 aliphatic carbocycles. The van der Waals surface area contributed by atoms with Gasteiger partial charge in [0.2, 0.25) is 0 Å². The zero-order chi connectivity index (χ0) is 13.8. The Morgan fingerprint density at radius 2 is 1.84 bits per heavy atom. The second-order valence-corrected chi connectivity index (χ2v) is 4.79. The number of ketones is 1. The van der Waals surface area contributed by atoms with Crippen LogP contribution in [0.4, 0.5) is 4.39 Å². The smallest absolute Gasteiger partial charge is 0.188 e. The number of rotatable bonds is 3. The molecule has 0 amide bonds. The molecule has 1 atom stereocenters. The summed E-state index contributed by atoms with van der Waals surface area (Å²) in [4.78, 5) is 12.3. The first-order valence-corrected chi connectivity index (χ1v) is 6.37. The van der Waals surface area contributed by atoms with Gasteiger partial charge in [-0.15, -0.1) is 0 Å². The molecule has 0 saturated heterocycles. The van der Waals surface area contributed by atoms with E-state index in [1.807, 2.05) is 6.07 Å². The SMILES string of the molecule is N#CC(C(=O)c1c(F)cccc1Br)c1ccccc1. The fraction of sp³-hybridized carbons (Fsp3) is 0.0667. The molecule has 19 heavy (non-hydrogen) atoms. The quantitative estimate of drug-likeness (QED) is 0.800. The van der Waals surface area contributed by atoms with Gasteiger partial charge < -0.3 is 0 Å². The molecular formula is C15H9BrFNO. The Kier molecular flexibility index (Phi) is 4.08. The summed E-state index contributed by atoms with van der Waals surface area (Å²) in [5.41, 5.74) is 0.475. The number of Topliss-reactive ketones (excluding diaryl/α,β-unsaturated/α-hetero) is 1. The Morgan fingerprint density at radius 1 is 1.16 bits per heavy atom. The number of carbonyl (C=O) groups is 1. The molecule has 0 bridgehead atoms. The van der Waals surface area contributed by atoms with Crippen LogP contribution in [0, 0.1) is 17.1 Å². The van der Waals surface area contributed by atoms with Crippen LogP contribution in [-0.4, -0.2) is 5.78 Å². The van der Waals surface area contributed by atoms with E-state index < -0.39 is 17.5 Å². The molecule has 2 aromatic carbocycles. The maximum atomic E-state index is 13.8. The Labute approximate surface area is 118 Å². The number of halogens is 2. The van der Waals surface area contributed by atoms with E-state index in [2.05, 4.69) is 15.9 Å². The molecule has 0 heterocycles. The van der Waals surface area contributed by atoms with Crippen LogP contribution >= 0.6 is 15.9 Å². The maximum absolute atomic E-state index is 13.8. The van der Waals surface area contributed by atoms with Crippen molar-refractivity contribution in [3.8, 4) is 6.07 Å². The Bertz CT molecular complexity index is 629. The lowest BCUT2D eigenvalue weighted by atomic mass is 9.92. The molecule has 2 aromatic rings. The van der Waals surface area contributed by atoms with E-state index in [-0.39, 0.29) is 5.56 Å². The van der Waals surface area contributed by atoms with E-state index in [9.17, 15) is 14.4 Å². The highest BCUT2D eigenvalue weighted by Gasteiger charge is 2.25. The van der Waals surface area contributed by atoms with Crippen molar-refractivity contribution in [1.29, 1.82) is 5.26 Å². The first-order valence-electron chi connectivity index (χ1n) is 5.58. The van der Waals surface area contributed by atoms with Crippen LogP contribution in [0.3, 0.4) is 0 Å². The van der Waals surface area contributed by atoms with Gasteiger partial charge in [-0.05, 0) is 33.6 Å². The molecule has 2 nitrogen and oxygen atoms in total. The number of nitriles is 1. The Morgan fingerprint density at radius 3 is 2.42 bits per heavy atom. The predicted octanol–water partition coefficient (Wildman–Crippen LogP) is 4.08. The van der Waals surface area contributed by atoms with Crippen LogP contribution in [0.1, 0.15) is 21.8 Å². The van der Waals surface area contributed by atoms with Gasteiger partial charge in [-0.3, -0.25) is 4.79 Å². The van der Waals surface area contributed by atoms with Crippen molar-refractivity contribution in [2.75, 3.05) is 0 Å². The van der Waals surface area contributed by atoms with Crippen LogP contribution in [0.25, 0.3) is 0 Å². The molecule has 94 valence electrons. The first-order chi connectivity index (χ1) is 9.15. The highest BCUT2D eigenvalue weighted by molar-refractivity contribution is 9.10. The van der Waals surface area contributed by atoms with Gasteiger partial charge in [0, 0.05) is 4.47 Å². The third kappa shape index (κ3) is 2.72. The van der Waals surface area contributed by atoms with Gasteiger partial charge in [0.1, 0.15) is 11.7 Å². The normalized spacial score (nSPS) is 11.6. The van der Waals surface area contributed by atoms with Crippen LogP contribution in [0.2, 0.25) is 0 Å². The van der Waals surface area contributed by atoms with E-state index in [4.69, 9.17) is 0 Å². The lowest BCUT2D eigenvalue weighted by Gasteiger charge is -2.10. The minimum absolute atomic E-state index is 0.0853. The van der Waals surface area contributed by atoms with E-state index in [1.54, 1.807) is 36.4 Å². The summed E-state index contributed by atoms with van der Waals surface area (Å²) in [7, 11) is 0. The summed E-state index contributed by atoms with van der Waals surface area (Å²) in [6.45, 7) is 0. The molecule has 0 spiro atoms. The fourth-order valence-corrected chi connectivity index (χ4v) is 2.34. The molecule has 0 fully saturated rings. The van der Waals surface area contributed by atoms with Gasteiger partial charge in [0.05, 0.1) is 11.6 Å². The van der Waals surface area contributed by atoms with Crippen molar-refractivity contribution in [3.05, 3.63) is 69.9 Å². The molecule has 2 rings (SSSR count). The second-order valence-electron chi connectivity index (χ2n) is 3.93. The van der Waals surface area contributed by atoms with Gasteiger partial charge in [-0.2, -0.15) is 5.26 Å². The maximum Gasteiger partial charge on any atom is 0.188 e. The third-order valence-electron chi connectivity index (χ3n) is 2.73. The van der Waals surface area contributed by atoms with Crippen molar-refractivity contribution in [2.45, 2.75) is 5.92 Å². The minimum Gasteiger partial charge on any atom is -0.292 e. The van der Waals surface area contributed by atoms with Crippen LogP contribution in [0.5, 0.6) is 0 Å². The number of hydrogen-bond acceptors (Lipinski definition) is 2. The Balaban J connectivity index is 2.46. The average molecular weight is 318 g/mol. The van der Waals surface area contributed by atoms with Crippen molar-refractivity contribution >= 4 is 21.7 Å². The molecule has 0 aliphatic rings. The van der Waals surface area contributed by atoms with Gasteiger partial charge >= 0.3 is 0 Å². The van der Waals surface area contributed by atoms with Crippen molar-refractivity contribution in [3.63, 3.8) is 0 Å². The minimum atomic E-state index is -1.01. The van der Waals surface area contributed by atoms with Crippen molar-refractivity contribution in [1.82, 2.24) is 0 Å². The van der Waals surface area contributed by atoms with Crippen LogP contribution in [-0.2, 0) is 0 Å². The summed E-state index contributed by atoms with van der Waals surface area (Å²) in [5.74, 6) is -2.18. The first kappa shape index (κ1) is 13.4. The molecular weight excluding hydrogens is 309 g/mol. The van der Waals surface area contributed by atoms with E-state index in [0.717, 1.165) is 0 Å². The fourth-order valence-electron chi connectivity index (χ4n) is 1.81. The topological polar surface area (TPSA) is 40.9 Å². The van der Waals surface area contributed by atoms with Gasteiger partial charge in [-0.1, -0.05) is 36.4 Å². The largest absolute Gasteiger partial charge is 0.292 e. The number of carbonyl (C=O) groups excluding carboxylic acids is 1. The monoisotopic (exact) mass is 317 g/mol. The number of benzene rings is 2. The van der Waals surface area contributed by atoms with Crippen molar-refractivity contribution in [2.24, 2.45) is 0 Å². The van der Waals surface area contributed by atoms with Crippen LogP contribution in [0.15, 0.2) is 53.0 Å². The molecule has 0 aliphatic heterocycles. The third-order valence-corrected chi connectivity index (χ3v) is 3.39. The zero-order valence-corrected chi connectivity index (χ0v) is 11.4. The van der Waals surface area contributed by atoms with Gasteiger partial charge in [0.15, 0.2) is 5.78 Å². The predicted molar refractivity (Wildman–Crippen MR) is 73.2 cm³/mol. The van der Waals surface area contributed by atoms with Crippen molar-refractivity contribution < 1.29 is 9.18 Å². The van der Waals surface area contributed by atoms with Crippen LogP contribution < -0.4 is 0 Å². The molecule has 4 heteroatoms. The summed E-state index contributed by atoms with van der Waals surface area (Å²) in [5, 5.41) is 9.18. The average Bonchev–Trinajstić information content (AvgIpc) is 2.40. The summed E-state index contributed by atoms with van der Waals surface area (Å²) >= 11 is 3.15. The highest BCUT2D eigenvalue weighted by atomic mass is 79.9. The molecule has 1 unspecified atom stereocenters. The van der Waals surface area contributed by atoms with E-state index in [0.29, 0.717) is 10.0 Å². The van der Waals surface area contributed by atoms with E-state index >= 15 is 0 Å². The standard InChI is InChI=1S/C15H9BrFNO/c16-12-7-4-8-13(17)14(12)15(19)11(9-18)10-5-2-1-3-6-10/h1-8,11H. The Hall–Kier alpha value is -1.99. The molecule has 0 saturated carbocycles. The lowest BCUT2D eigenvalue weighted by Crippen LogP contribution is -2.13. The summed E-state index contributed by atoms with van der Waals surface area (Å²) in [6.07, 6.45) is 0. The molecule has 0 aromatic heterocycles. The number of nitrogens with zero attached hydrogens (tertiary/aromatic N) is 1. The highest BCUT2D eigenvalue weighted by Crippen LogP contribution is 2.27. The van der Waals surface area contributed by atoms with E-state index in [1.165, 1.54) is 12.1 Å². The zero-order valence-electron chi connectivity index (χ0n) is 9.81.